The number of nitrogens with two attached hydrogens (primary N) is 1. The van der Waals surface area contributed by atoms with Crippen LogP contribution < -0.4 is 11.1 Å². The van der Waals surface area contributed by atoms with E-state index in [1.54, 1.807) is 12.1 Å². The van der Waals surface area contributed by atoms with Crippen LogP contribution in [0, 0.1) is 6.92 Å². The number of carbonyl (C=O) groups is 2. The van der Waals surface area contributed by atoms with Gasteiger partial charge in [-0.05, 0) is 18.1 Å². The number of aryl methyl sites for hydroxylation is 1. The maximum absolute atomic E-state index is 12.5. The van der Waals surface area contributed by atoms with Crippen LogP contribution in [0.1, 0.15) is 22.8 Å². The minimum atomic E-state index is -0.790. The van der Waals surface area contributed by atoms with Gasteiger partial charge in [0.05, 0.1) is 0 Å². The molecule has 0 saturated carbocycles. The van der Waals surface area contributed by atoms with Gasteiger partial charge in [-0.3, -0.25) is 9.59 Å². The third kappa shape index (κ3) is 4.67. The molecular weight excluding hydrogens is 304 g/mol. The lowest BCUT2D eigenvalue weighted by atomic mass is 10.0. The van der Waals surface area contributed by atoms with Crippen LogP contribution in [0.4, 0.5) is 0 Å². The summed E-state index contributed by atoms with van der Waals surface area (Å²) in [6.45, 7) is 1.99. The highest BCUT2D eigenvalue weighted by atomic mass is 16.5. The van der Waals surface area contributed by atoms with Crippen molar-refractivity contribution >= 4 is 11.8 Å². The second kappa shape index (κ2) is 8.26. The number of carbonyl (C=O) groups excluding carboxylic acids is 2. The van der Waals surface area contributed by atoms with Crippen LogP contribution in [-0.4, -0.2) is 25.0 Å². The first-order chi connectivity index (χ1) is 11.5. The van der Waals surface area contributed by atoms with Crippen molar-refractivity contribution in [2.45, 2.75) is 25.5 Å². The molecule has 0 aliphatic carbocycles. The first-order valence-corrected chi connectivity index (χ1v) is 7.74. The largest absolute Gasteiger partial charge is 0.368 e. The topological polar surface area (TPSA) is 81.4 Å². The number of amides is 2. The third-order valence-corrected chi connectivity index (χ3v) is 3.80. The second-order valence-corrected chi connectivity index (χ2v) is 5.68. The molecule has 5 nitrogen and oxygen atoms in total. The van der Waals surface area contributed by atoms with E-state index >= 15 is 0 Å². The fourth-order valence-electron chi connectivity index (χ4n) is 2.45. The van der Waals surface area contributed by atoms with E-state index in [1.807, 2.05) is 49.4 Å². The van der Waals surface area contributed by atoms with Crippen molar-refractivity contribution in [3.05, 3.63) is 71.3 Å². The molecule has 0 aliphatic rings. The molecule has 0 heterocycles. The number of ether oxygens (including phenoxy) is 1. The predicted molar refractivity (Wildman–Crippen MR) is 92.2 cm³/mol. The standard InChI is InChI=1S/C19H22N2O3/c1-13-8-10-14(11-9-13)12-16(18(20)22)21-19(23)17(24-2)15-6-4-3-5-7-15/h3-11,16-17H,12H2,1-2H3,(H2,20,22)(H,21,23)/t16-,17-/m1/s1. The van der Waals surface area contributed by atoms with Crippen LogP contribution in [0.3, 0.4) is 0 Å². The quantitative estimate of drug-likeness (QED) is 0.815. The summed E-state index contributed by atoms with van der Waals surface area (Å²) in [5.74, 6) is -0.966. The first-order valence-electron chi connectivity index (χ1n) is 7.74. The van der Waals surface area contributed by atoms with Crippen LogP contribution in [0.15, 0.2) is 54.6 Å². The summed E-state index contributed by atoms with van der Waals surface area (Å²) in [4.78, 5) is 24.2. The van der Waals surface area contributed by atoms with E-state index in [0.717, 1.165) is 16.7 Å². The second-order valence-electron chi connectivity index (χ2n) is 5.68. The van der Waals surface area contributed by atoms with Gasteiger partial charge in [0.15, 0.2) is 6.10 Å². The Balaban J connectivity index is 2.10. The number of methoxy groups -OCH3 is 1. The average molecular weight is 326 g/mol. The Morgan fingerprint density at radius 2 is 1.71 bits per heavy atom. The van der Waals surface area contributed by atoms with Crippen molar-refractivity contribution in [3.63, 3.8) is 0 Å². The third-order valence-electron chi connectivity index (χ3n) is 3.80. The lowest BCUT2D eigenvalue weighted by molar-refractivity contribution is -0.134. The van der Waals surface area contributed by atoms with Gasteiger partial charge in [0.1, 0.15) is 6.04 Å². The van der Waals surface area contributed by atoms with Gasteiger partial charge in [0.25, 0.3) is 5.91 Å². The fourth-order valence-corrected chi connectivity index (χ4v) is 2.45. The molecule has 126 valence electrons. The first kappa shape index (κ1) is 17.7. The molecule has 3 N–H and O–H groups in total. The van der Waals surface area contributed by atoms with Crippen LogP contribution in [0.5, 0.6) is 0 Å². The predicted octanol–water partition coefficient (Wildman–Crippen LogP) is 1.90. The zero-order valence-corrected chi connectivity index (χ0v) is 13.9. The van der Waals surface area contributed by atoms with Gasteiger partial charge in [-0.15, -0.1) is 0 Å². The molecule has 0 unspecified atom stereocenters. The lowest BCUT2D eigenvalue weighted by Crippen LogP contribution is -2.47. The molecule has 0 radical (unpaired) electrons. The van der Waals surface area contributed by atoms with Gasteiger partial charge in [-0.25, -0.2) is 0 Å². The minimum absolute atomic E-state index is 0.340. The average Bonchev–Trinajstić information content (AvgIpc) is 2.57. The summed E-state index contributed by atoms with van der Waals surface area (Å²) in [7, 11) is 1.45. The van der Waals surface area contributed by atoms with Crippen molar-refractivity contribution < 1.29 is 14.3 Å². The molecular formula is C19H22N2O3. The Kier molecular flexibility index (Phi) is 6.09. The SMILES string of the molecule is CO[C@@H](C(=O)N[C@H](Cc1ccc(C)cc1)C(N)=O)c1ccccc1. The summed E-state index contributed by atoms with van der Waals surface area (Å²) in [6.07, 6.45) is -0.446. The molecule has 0 saturated heterocycles. The summed E-state index contributed by atoms with van der Waals surface area (Å²) in [6, 6.07) is 16.1. The van der Waals surface area contributed by atoms with Crippen LogP contribution in [0.2, 0.25) is 0 Å². The molecule has 2 amide bonds. The van der Waals surface area contributed by atoms with Gasteiger partial charge in [-0.1, -0.05) is 60.2 Å². The molecule has 24 heavy (non-hydrogen) atoms. The minimum Gasteiger partial charge on any atom is -0.368 e. The number of hydrogen-bond acceptors (Lipinski definition) is 3. The number of nitrogens with one attached hydrogen (secondary N) is 1. The molecule has 5 heteroatoms. The van der Waals surface area contributed by atoms with E-state index in [9.17, 15) is 9.59 Å². The Hall–Kier alpha value is -2.66. The van der Waals surface area contributed by atoms with Crippen molar-refractivity contribution in [1.82, 2.24) is 5.32 Å². The molecule has 0 aliphatic heterocycles. The van der Waals surface area contributed by atoms with E-state index in [1.165, 1.54) is 7.11 Å². The smallest absolute Gasteiger partial charge is 0.254 e. The van der Waals surface area contributed by atoms with E-state index < -0.39 is 18.1 Å². The maximum atomic E-state index is 12.5. The van der Waals surface area contributed by atoms with Gasteiger partial charge < -0.3 is 15.8 Å². The van der Waals surface area contributed by atoms with Crippen molar-refractivity contribution in [2.24, 2.45) is 5.73 Å². The zero-order chi connectivity index (χ0) is 17.5. The molecule has 0 spiro atoms. The summed E-state index contributed by atoms with van der Waals surface area (Å²) in [5.41, 5.74) is 8.22. The van der Waals surface area contributed by atoms with Gasteiger partial charge in [0.2, 0.25) is 5.91 Å². The molecule has 2 atom stereocenters. The molecule has 0 bridgehead atoms. The van der Waals surface area contributed by atoms with Crippen molar-refractivity contribution in [1.29, 1.82) is 0 Å². The number of benzene rings is 2. The normalized spacial score (nSPS) is 13.1. The fraction of sp³-hybridized carbons (Fsp3) is 0.263. The molecule has 2 aromatic carbocycles. The Morgan fingerprint density at radius 3 is 2.25 bits per heavy atom. The highest BCUT2D eigenvalue weighted by Crippen LogP contribution is 2.17. The van der Waals surface area contributed by atoms with Crippen LogP contribution in [-0.2, 0) is 20.7 Å². The molecule has 0 fully saturated rings. The molecule has 0 aromatic heterocycles. The van der Waals surface area contributed by atoms with Gasteiger partial charge >= 0.3 is 0 Å². The van der Waals surface area contributed by atoms with Crippen molar-refractivity contribution in [3.8, 4) is 0 Å². The highest BCUT2D eigenvalue weighted by Gasteiger charge is 2.25. The van der Waals surface area contributed by atoms with Crippen LogP contribution in [0.25, 0.3) is 0 Å². The lowest BCUT2D eigenvalue weighted by Gasteiger charge is -2.20. The summed E-state index contributed by atoms with van der Waals surface area (Å²) >= 11 is 0. The molecule has 2 rings (SSSR count). The van der Waals surface area contributed by atoms with E-state index in [-0.39, 0.29) is 5.91 Å². The highest BCUT2D eigenvalue weighted by molar-refractivity contribution is 5.89. The Labute approximate surface area is 141 Å². The zero-order valence-electron chi connectivity index (χ0n) is 13.9. The van der Waals surface area contributed by atoms with Crippen LogP contribution >= 0.6 is 0 Å². The Bertz CT molecular complexity index is 684. The summed E-state index contributed by atoms with van der Waals surface area (Å²) in [5, 5.41) is 2.69. The van der Waals surface area contributed by atoms with E-state index in [0.29, 0.717) is 6.42 Å². The van der Waals surface area contributed by atoms with Gasteiger partial charge in [0, 0.05) is 13.5 Å². The number of primary amides is 1. The van der Waals surface area contributed by atoms with E-state index in [2.05, 4.69) is 5.32 Å². The summed E-state index contributed by atoms with van der Waals surface area (Å²) < 4.78 is 5.28. The van der Waals surface area contributed by atoms with E-state index in [4.69, 9.17) is 10.5 Å². The number of rotatable bonds is 7. The molecule has 2 aromatic rings. The number of hydrogen-bond donors (Lipinski definition) is 2. The van der Waals surface area contributed by atoms with Gasteiger partial charge in [-0.2, -0.15) is 0 Å². The van der Waals surface area contributed by atoms with Crippen molar-refractivity contribution in [2.75, 3.05) is 7.11 Å². The monoisotopic (exact) mass is 326 g/mol. The maximum Gasteiger partial charge on any atom is 0.254 e. The Morgan fingerprint density at radius 1 is 1.08 bits per heavy atom.